The van der Waals surface area contributed by atoms with Crippen molar-refractivity contribution in [3.8, 4) is 16.9 Å². The molecule has 6 nitrogen and oxygen atoms in total. The van der Waals surface area contributed by atoms with Crippen molar-refractivity contribution in [2.45, 2.75) is 31.1 Å². The molecular weight excluding hydrogens is 639 g/mol. The smallest absolute Gasteiger partial charge is 0.176 e. The lowest BCUT2D eigenvalue weighted by Gasteiger charge is -2.54. The largest absolute Gasteiger partial charge is 0.468 e. The Morgan fingerprint density at radius 1 is 0.558 bits per heavy atom. The first-order valence-electron chi connectivity index (χ1n) is 18.2. The van der Waals surface area contributed by atoms with E-state index in [4.69, 9.17) is 4.74 Å². The van der Waals surface area contributed by atoms with Crippen LogP contribution in [-0.2, 0) is 0 Å². The first-order valence-corrected chi connectivity index (χ1v) is 18.2. The van der Waals surface area contributed by atoms with Crippen molar-refractivity contribution in [3.63, 3.8) is 0 Å². The average Bonchev–Trinajstić information content (AvgIpc) is 3.81. The summed E-state index contributed by atoms with van der Waals surface area (Å²) in [4.78, 5) is 5.02. The summed E-state index contributed by atoms with van der Waals surface area (Å²) < 4.78 is 6.65. The molecule has 6 aromatic rings. The fraction of sp³-hybridized carbons (Fsp3) is 0.130. The summed E-state index contributed by atoms with van der Waals surface area (Å²) in [5, 5.41) is 11.6. The Labute approximate surface area is 304 Å². The molecule has 52 heavy (non-hydrogen) atoms. The third-order valence-corrected chi connectivity index (χ3v) is 10.7. The van der Waals surface area contributed by atoms with Gasteiger partial charge in [-0.15, -0.1) is 0 Å². The van der Waals surface area contributed by atoms with Crippen LogP contribution in [0.1, 0.15) is 29.9 Å². The number of allylic oxidation sites excluding steroid dienone is 1. The van der Waals surface area contributed by atoms with E-state index < -0.39 is 0 Å². The normalized spacial score (nSPS) is 22.9. The van der Waals surface area contributed by atoms with Crippen LogP contribution < -0.4 is 25.6 Å². The number of ether oxygens (including phenoxy) is 1. The Kier molecular flexibility index (Phi) is 7.54. The van der Waals surface area contributed by atoms with Gasteiger partial charge in [-0.05, 0) is 82.8 Å². The lowest BCUT2D eigenvalue weighted by molar-refractivity contribution is -0.00433. The molecule has 0 aromatic heterocycles. The number of rotatable bonds is 7. The van der Waals surface area contributed by atoms with Gasteiger partial charge in [-0.3, -0.25) is 5.32 Å². The Balaban J connectivity index is 1.08. The number of para-hydroxylation sites is 5. The zero-order valence-corrected chi connectivity index (χ0v) is 28.6. The highest BCUT2D eigenvalue weighted by Crippen LogP contribution is 2.49. The van der Waals surface area contributed by atoms with Gasteiger partial charge in [0, 0.05) is 17.3 Å². The van der Waals surface area contributed by atoms with Crippen LogP contribution in [0.5, 0.6) is 5.75 Å². The molecule has 1 fully saturated rings. The maximum atomic E-state index is 6.65. The number of anilines is 4. The lowest BCUT2D eigenvalue weighted by Crippen LogP contribution is -2.57. The van der Waals surface area contributed by atoms with Crippen LogP contribution in [-0.4, -0.2) is 17.3 Å². The third-order valence-electron chi connectivity index (χ3n) is 10.7. The third kappa shape index (κ3) is 5.40. The van der Waals surface area contributed by atoms with Crippen molar-refractivity contribution in [2.24, 2.45) is 5.92 Å². The second kappa shape index (κ2) is 12.8. The predicted octanol–water partition coefficient (Wildman–Crippen LogP) is 10.2. The molecule has 1 aliphatic carbocycles. The van der Waals surface area contributed by atoms with Crippen molar-refractivity contribution in [1.82, 2.24) is 10.2 Å². The molecule has 0 amide bonds. The molecule has 0 radical (unpaired) electrons. The van der Waals surface area contributed by atoms with Gasteiger partial charge < -0.3 is 25.2 Å². The van der Waals surface area contributed by atoms with Gasteiger partial charge in [0.1, 0.15) is 24.2 Å². The van der Waals surface area contributed by atoms with E-state index in [0.29, 0.717) is 0 Å². The van der Waals surface area contributed by atoms with E-state index in [1.165, 1.54) is 39.2 Å². The van der Waals surface area contributed by atoms with Crippen LogP contribution >= 0.6 is 0 Å². The number of nitrogens with zero attached hydrogens (tertiary/aromatic N) is 2. The Hall–Kier alpha value is -6.24. The minimum absolute atomic E-state index is 0.00580. The van der Waals surface area contributed by atoms with Gasteiger partial charge in [-0.1, -0.05) is 127 Å². The highest BCUT2D eigenvalue weighted by Gasteiger charge is 2.44. The first kappa shape index (κ1) is 30.6. The molecule has 0 saturated carbocycles. The highest BCUT2D eigenvalue weighted by molar-refractivity contribution is 5.84. The number of fused-ring (bicyclic) bond motifs is 2. The van der Waals surface area contributed by atoms with Crippen molar-refractivity contribution >= 4 is 22.7 Å². The number of hydrogen-bond donors (Lipinski definition) is 3. The van der Waals surface area contributed by atoms with E-state index in [9.17, 15) is 0 Å². The average molecular weight is 678 g/mol. The predicted molar refractivity (Wildman–Crippen MR) is 210 cm³/mol. The van der Waals surface area contributed by atoms with E-state index in [2.05, 4.69) is 196 Å². The molecule has 3 N–H and O–H groups in total. The van der Waals surface area contributed by atoms with E-state index in [1.807, 2.05) is 6.07 Å². The molecule has 254 valence electrons. The molecule has 3 heterocycles. The first-order chi connectivity index (χ1) is 25.8. The fourth-order valence-electron chi connectivity index (χ4n) is 8.24. The summed E-state index contributed by atoms with van der Waals surface area (Å²) in [6, 6.07) is 58.0. The molecule has 5 unspecified atom stereocenters. The van der Waals surface area contributed by atoms with Gasteiger partial charge >= 0.3 is 0 Å². The van der Waals surface area contributed by atoms with Gasteiger partial charge in [0.05, 0.1) is 17.1 Å². The molecule has 6 heteroatoms. The standard InChI is InChI=1S/C46H39N5O/c1-4-15-31(16-5-1)33-19-14-20-34(27-33)44-49-43(32-17-6-2-7-18-32)51(44)38-29-35(28-36(30-38)46-48-40-24-11-13-26-42(40)52-46)45-47-39-23-10-12-25-41(39)50(45)37-21-8-3-9-22-37/h1-29,36,43-49H,30H2. The summed E-state index contributed by atoms with van der Waals surface area (Å²) in [6.07, 6.45) is 5.39. The maximum Gasteiger partial charge on any atom is 0.176 e. The molecular formula is C46H39N5O. The Bertz CT molecular complexity index is 2260. The summed E-state index contributed by atoms with van der Waals surface area (Å²) in [6.45, 7) is 0. The van der Waals surface area contributed by atoms with Crippen LogP contribution in [0.3, 0.4) is 0 Å². The number of benzene rings is 6. The summed E-state index contributed by atoms with van der Waals surface area (Å²) in [5.74, 6) is 0.970. The molecule has 6 aromatic carbocycles. The minimum atomic E-state index is -0.200. The zero-order valence-electron chi connectivity index (χ0n) is 28.6. The van der Waals surface area contributed by atoms with Crippen molar-refractivity contribution in [3.05, 3.63) is 198 Å². The topological polar surface area (TPSA) is 51.8 Å². The molecule has 10 rings (SSSR count). The van der Waals surface area contributed by atoms with Crippen molar-refractivity contribution in [1.29, 1.82) is 0 Å². The minimum Gasteiger partial charge on any atom is -0.468 e. The highest BCUT2D eigenvalue weighted by atomic mass is 16.5. The van der Waals surface area contributed by atoms with Crippen LogP contribution in [0.15, 0.2) is 187 Å². The second-order valence-electron chi connectivity index (χ2n) is 13.9. The van der Waals surface area contributed by atoms with Gasteiger partial charge in [-0.2, -0.15) is 0 Å². The zero-order chi connectivity index (χ0) is 34.4. The van der Waals surface area contributed by atoms with E-state index >= 15 is 0 Å². The molecule has 0 spiro atoms. The van der Waals surface area contributed by atoms with Crippen molar-refractivity contribution in [2.75, 3.05) is 15.5 Å². The SMILES string of the molecule is C1=C(C2Nc3ccccc3N2c2ccccc2)C=C(N2C(c3ccccc3)NC2c2cccc(-c3ccccc3)c2)CC1C1Nc2ccccc2O1. The van der Waals surface area contributed by atoms with Crippen molar-refractivity contribution < 1.29 is 4.74 Å². The molecule has 5 atom stereocenters. The Morgan fingerprint density at radius 2 is 1.21 bits per heavy atom. The molecule has 1 saturated heterocycles. The lowest BCUT2D eigenvalue weighted by atomic mass is 9.87. The van der Waals surface area contributed by atoms with Crippen LogP contribution in [0.2, 0.25) is 0 Å². The quantitative estimate of drug-likeness (QED) is 0.156. The summed E-state index contributed by atoms with van der Waals surface area (Å²) in [7, 11) is 0. The molecule has 4 aliphatic rings. The summed E-state index contributed by atoms with van der Waals surface area (Å²) in [5.41, 5.74) is 11.9. The van der Waals surface area contributed by atoms with Gasteiger partial charge in [-0.25, -0.2) is 0 Å². The molecule has 3 aliphatic heterocycles. The second-order valence-corrected chi connectivity index (χ2v) is 13.9. The Morgan fingerprint density at radius 3 is 2.02 bits per heavy atom. The number of hydrogen-bond acceptors (Lipinski definition) is 6. The maximum absolute atomic E-state index is 6.65. The monoisotopic (exact) mass is 677 g/mol. The van der Waals surface area contributed by atoms with Gasteiger partial charge in [0.15, 0.2) is 6.23 Å². The van der Waals surface area contributed by atoms with Crippen LogP contribution in [0.25, 0.3) is 11.1 Å². The van der Waals surface area contributed by atoms with Gasteiger partial charge in [0.2, 0.25) is 0 Å². The fourth-order valence-corrected chi connectivity index (χ4v) is 8.24. The van der Waals surface area contributed by atoms with E-state index in [0.717, 1.165) is 29.2 Å². The number of nitrogens with one attached hydrogen (secondary N) is 3. The van der Waals surface area contributed by atoms with Gasteiger partial charge in [0.25, 0.3) is 0 Å². The van der Waals surface area contributed by atoms with E-state index in [1.54, 1.807) is 0 Å². The molecule has 0 bridgehead atoms. The van der Waals surface area contributed by atoms with E-state index in [-0.39, 0.29) is 30.6 Å². The van der Waals surface area contributed by atoms with Crippen LogP contribution in [0, 0.1) is 5.92 Å². The summed E-state index contributed by atoms with van der Waals surface area (Å²) >= 11 is 0. The van der Waals surface area contributed by atoms with Crippen LogP contribution in [0.4, 0.5) is 22.7 Å².